The van der Waals surface area contributed by atoms with Crippen LogP contribution in [0, 0.1) is 6.92 Å². The molecule has 2 rings (SSSR count). The topological polar surface area (TPSA) is 58.6 Å². The standard InChI is InChI=1S/C18H18O4/c1-12-4-6-13(7-5-12)15(11-18(19)20)14-8-9-16(21-2)17(10-14)22-3/h4-11H,1-3H3,(H,19,20)/p-1/b15-11-. The van der Waals surface area contributed by atoms with Crippen molar-refractivity contribution in [2.24, 2.45) is 0 Å². The van der Waals surface area contributed by atoms with Crippen LogP contribution in [0.4, 0.5) is 0 Å². The van der Waals surface area contributed by atoms with Gasteiger partial charge in [0.1, 0.15) is 0 Å². The van der Waals surface area contributed by atoms with Gasteiger partial charge in [0.25, 0.3) is 0 Å². The molecule has 0 aliphatic rings. The molecule has 0 radical (unpaired) electrons. The Bertz CT molecular complexity index is 700. The molecule has 0 bridgehead atoms. The number of benzene rings is 2. The second-order valence-corrected chi connectivity index (χ2v) is 4.81. The van der Waals surface area contributed by atoms with E-state index in [-0.39, 0.29) is 0 Å². The van der Waals surface area contributed by atoms with Crippen LogP contribution in [0.25, 0.3) is 5.57 Å². The summed E-state index contributed by atoms with van der Waals surface area (Å²) in [4.78, 5) is 11.1. The second-order valence-electron chi connectivity index (χ2n) is 4.81. The van der Waals surface area contributed by atoms with Crippen LogP contribution < -0.4 is 14.6 Å². The predicted molar refractivity (Wildman–Crippen MR) is 82.8 cm³/mol. The van der Waals surface area contributed by atoms with Crippen LogP contribution in [0.15, 0.2) is 48.5 Å². The summed E-state index contributed by atoms with van der Waals surface area (Å²) in [6, 6.07) is 12.9. The Labute approximate surface area is 129 Å². The number of hydrogen-bond acceptors (Lipinski definition) is 4. The summed E-state index contributed by atoms with van der Waals surface area (Å²) in [5, 5.41) is 11.1. The lowest BCUT2D eigenvalue weighted by Crippen LogP contribution is -2.19. The van der Waals surface area contributed by atoms with Gasteiger partial charge in [0.15, 0.2) is 11.5 Å². The van der Waals surface area contributed by atoms with E-state index in [9.17, 15) is 9.90 Å². The van der Waals surface area contributed by atoms with Crippen molar-refractivity contribution < 1.29 is 19.4 Å². The van der Waals surface area contributed by atoms with Crippen LogP contribution in [0.2, 0.25) is 0 Å². The normalized spacial score (nSPS) is 11.1. The van der Waals surface area contributed by atoms with E-state index in [1.54, 1.807) is 25.3 Å². The zero-order valence-electron chi connectivity index (χ0n) is 12.8. The highest BCUT2D eigenvalue weighted by Gasteiger charge is 2.10. The number of rotatable bonds is 5. The molecular formula is C18H17O4-. The van der Waals surface area contributed by atoms with Gasteiger partial charge in [-0.2, -0.15) is 0 Å². The average molecular weight is 297 g/mol. The van der Waals surface area contributed by atoms with Gasteiger partial charge < -0.3 is 19.4 Å². The summed E-state index contributed by atoms with van der Waals surface area (Å²) in [6.45, 7) is 1.97. The number of hydrogen-bond donors (Lipinski definition) is 0. The molecule has 114 valence electrons. The Balaban J connectivity index is 2.55. The molecule has 0 unspecified atom stereocenters. The molecule has 0 heterocycles. The molecule has 0 spiro atoms. The zero-order valence-corrected chi connectivity index (χ0v) is 12.8. The first-order valence-corrected chi connectivity index (χ1v) is 6.77. The van der Waals surface area contributed by atoms with Gasteiger partial charge in [0.2, 0.25) is 0 Å². The monoisotopic (exact) mass is 297 g/mol. The Morgan fingerprint density at radius 1 is 0.955 bits per heavy atom. The number of carboxylic acids is 1. The molecule has 2 aromatic rings. The molecule has 22 heavy (non-hydrogen) atoms. The van der Waals surface area contributed by atoms with E-state index >= 15 is 0 Å². The van der Waals surface area contributed by atoms with Crippen molar-refractivity contribution in [1.82, 2.24) is 0 Å². The van der Waals surface area contributed by atoms with Crippen LogP contribution in [0.3, 0.4) is 0 Å². The molecule has 0 aromatic heterocycles. The van der Waals surface area contributed by atoms with Crippen molar-refractivity contribution in [1.29, 1.82) is 0 Å². The number of aryl methyl sites for hydroxylation is 1. The smallest absolute Gasteiger partial charge is 0.161 e. The SMILES string of the molecule is COc1ccc(/C(=C\C(=O)[O-])c2ccc(C)cc2)cc1OC. The van der Waals surface area contributed by atoms with Gasteiger partial charge in [-0.05, 0) is 41.8 Å². The van der Waals surface area contributed by atoms with E-state index in [4.69, 9.17) is 9.47 Å². The maximum Gasteiger partial charge on any atom is 0.161 e. The summed E-state index contributed by atoms with van der Waals surface area (Å²) in [6.07, 6.45) is 1.09. The van der Waals surface area contributed by atoms with Gasteiger partial charge in [0.05, 0.1) is 20.2 Å². The van der Waals surface area contributed by atoms with Gasteiger partial charge in [0, 0.05) is 0 Å². The third-order valence-corrected chi connectivity index (χ3v) is 3.32. The number of ether oxygens (including phenoxy) is 2. The molecule has 0 saturated heterocycles. The molecule has 2 aromatic carbocycles. The van der Waals surface area contributed by atoms with E-state index in [0.29, 0.717) is 22.6 Å². The maximum atomic E-state index is 11.1. The molecule has 4 nitrogen and oxygen atoms in total. The molecule has 0 N–H and O–H groups in total. The van der Waals surface area contributed by atoms with Crippen molar-refractivity contribution in [2.75, 3.05) is 14.2 Å². The molecule has 4 heteroatoms. The molecule has 0 atom stereocenters. The third kappa shape index (κ3) is 3.47. The Morgan fingerprint density at radius 2 is 1.55 bits per heavy atom. The number of carbonyl (C=O) groups excluding carboxylic acids is 1. The highest BCUT2D eigenvalue weighted by atomic mass is 16.5. The highest BCUT2D eigenvalue weighted by molar-refractivity contribution is 5.94. The minimum absolute atomic E-state index is 0.538. The van der Waals surface area contributed by atoms with Crippen molar-refractivity contribution in [3.05, 3.63) is 65.2 Å². The average Bonchev–Trinajstić information content (AvgIpc) is 2.52. The second kappa shape index (κ2) is 6.80. The molecular weight excluding hydrogens is 280 g/mol. The van der Waals surface area contributed by atoms with Gasteiger partial charge in [-0.25, -0.2) is 0 Å². The van der Waals surface area contributed by atoms with Crippen LogP contribution in [0.1, 0.15) is 16.7 Å². The van der Waals surface area contributed by atoms with Crippen molar-refractivity contribution in [3.8, 4) is 11.5 Å². The first-order chi connectivity index (χ1) is 10.5. The van der Waals surface area contributed by atoms with Gasteiger partial charge in [-0.1, -0.05) is 35.9 Å². The van der Waals surface area contributed by atoms with Gasteiger partial charge >= 0.3 is 0 Å². The number of carboxylic acid groups (broad SMARTS) is 1. The van der Waals surface area contributed by atoms with Gasteiger partial charge in [-0.15, -0.1) is 0 Å². The third-order valence-electron chi connectivity index (χ3n) is 3.32. The minimum Gasteiger partial charge on any atom is -0.545 e. The lowest BCUT2D eigenvalue weighted by atomic mass is 9.96. The summed E-state index contributed by atoms with van der Waals surface area (Å²) >= 11 is 0. The summed E-state index contributed by atoms with van der Waals surface area (Å²) in [5.41, 5.74) is 3.16. The predicted octanol–water partition coefficient (Wildman–Crippen LogP) is 2.19. The Kier molecular flexibility index (Phi) is 4.84. The lowest BCUT2D eigenvalue weighted by Gasteiger charge is -2.13. The van der Waals surface area contributed by atoms with Crippen LogP contribution in [-0.2, 0) is 4.79 Å². The number of methoxy groups -OCH3 is 2. The molecule has 0 amide bonds. The van der Waals surface area contributed by atoms with Gasteiger partial charge in [-0.3, -0.25) is 0 Å². The first kappa shape index (κ1) is 15.6. The summed E-state index contributed by atoms with van der Waals surface area (Å²) < 4.78 is 10.5. The number of carbonyl (C=O) groups is 1. The fraction of sp³-hybridized carbons (Fsp3) is 0.167. The quantitative estimate of drug-likeness (QED) is 0.794. The molecule has 0 aliphatic heterocycles. The first-order valence-electron chi connectivity index (χ1n) is 6.77. The van der Waals surface area contributed by atoms with Crippen molar-refractivity contribution in [3.63, 3.8) is 0 Å². The van der Waals surface area contributed by atoms with Crippen molar-refractivity contribution in [2.45, 2.75) is 6.92 Å². The molecule has 0 aliphatic carbocycles. The minimum atomic E-state index is -1.25. The molecule has 0 saturated carbocycles. The summed E-state index contributed by atoms with van der Waals surface area (Å²) in [7, 11) is 3.09. The largest absolute Gasteiger partial charge is 0.545 e. The fourth-order valence-corrected chi connectivity index (χ4v) is 2.19. The Morgan fingerprint density at radius 3 is 2.09 bits per heavy atom. The van der Waals surface area contributed by atoms with E-state index < -0.39 is 5.97 Å². The summed E-state index contributed by atoms with van der Waals surface area (Å²) in [5.74, 6) is -0.121. The number of aliphatic carboxylic acids is 1. The Hall–Kier alpha value is -2.75. The molecule has 0 fully saturated rings. The van der Waals surface area contributed by atoms with Crippen LogP contribution >= 0.6 is 0 Å². The zero-order chi connectivity index (χ0) is 16.1. The highest BCUT2D eigenvalue weighted by Crippen LogP contribution is 2.32. The van der Waals surface area contributed by atoms with Crippen LogP contribution in [-0.4, -0.2) is 20.2 Å². The van der Waals surface area contributed by atoms with Crippen LogP contribution in [0.5, 0.6) is 11.5 Å². The van der Waals surface area contributed by atoms with E-state index in [0.717, 1.165) is 17.2 Å². The lowest BCUT2D eigenvalue weighted by molar-refractivity contribution is -0.297. The van der Waals surface area contributed by atoms with E-state index in [2.05, 4.69) is 0 Å². The fourth-order valence-electron chi connectivity index (χ4n) is 2.19. The maximum absolute atomic E-state index is 11.1. The van der Waals surface area contributed by atoms with Crippen molar-refractivity contribution >= 4 is 11.5 Å². The van der Waals surface area contributed by atoms with E-state index in [1.165, 1.54) is 7.11 Å². The van der Waals surface area contributed by atoms with E-state index in [1.807, 2.05) is 31.2 Å².